The highest BCUT2D eigenvalue weighted by molar-refractivity contribution is 7.18. The second kappa shape index (κ2) is 8.05. The third-order valence-corrected chi connectivity index (χ3v) is 5.65. The minimum atomic E-state index is -0.258. The Balaban J connectivity index is 1.46. The predicted octanol–water partition coefficient (Wildman–Crippen LogP) is 2.14. The molecule has 24 heavy (non-hydrogen) atoms. The number of amides is 1. The fourth-order valence-corrected chi connectivity index (χ4v) is 3.97. The fourth-order valence-electron chi connectivity index (χ4n) is 3.01. The van der Waals surface area contributed by atoms with Gasteiger partial charge in [0.25, 0.3) is 0 Å². The summed E-state index contributed by atoms with van der Waals surface area (Å²) in [6.45, 7) is 5.93. The molecule has 3 rings (SSSR count). The number of aryl methyl sites for hydroxylation is 1. The van der Waals surface area contributed by atoms with Gasteiger partial charge < -0.3 is 10.0 Å². The van der Waals surface area contributed by atoms with Crippen molar-refractivity contribution in [3.63, 3.8) is 0 Å². The maximum atomic E-state index is 12.4. The van der Waals surface area contributed by atoms with E-state index in [0.29, 0.717) is 19.4 Å². The predicted molar refractivity (Wildman–Crippen MR) is 97.3 cm³/mol. The summed E-state index contributed by atoms with van der Waals surface area (Å²) in [7, 11) is 0. The first kappa shape index (κ1) is 17.3. The van der Waals surface area contributed by atoms with Crippen LogP contribution in [0.4, 0.5) is 0 Å². The number of aliphatic hydroxyl groups is 1. The Hall–Kier alpha value is -1.50. The van der Waals surface area contributed by atoms with Crippen LogP contribution in [0.2, 0.25) is 0 Å². The summed E-state index contributed by atoms with van der Waals surface area (Å²) in [4.78, 5) is 21.2. The lowest BCUT2D eigenvalue weighted by Crippen LogP contribution is -2.50. The minimum absolute atomic E-state index is 0.213. The number of hydrogen-bond acceptors (Lipinski definition) is 5. The van der Waals surface area contributed by atoms with Crippen LogP contribution >= 0.6 is 11.3 Å². The molecule has 1 aromatic heterocycles. The number of thiazole rings is 1. The van der Waals surface area contributed by atoms with Gasteiger partial charge in [0.05, 0.1) is 21.3 Å². The average molecular weight is 347 g/mol. The SMILES string of the molecule is CCC(O)CN1CCN(C(=O)CCc2nc3ccccc3s2)CC1. The zero-order valence-corrected chi connectivity index (χ0v) is 15.0. The Morgan fingerprint density at radius 1 is 1.29 bits per heavy atom. The number of carbonyl (C=O) groups is 1. The molecule has 1 saturated heterocycles. The molecule has 130 valence electrons. The van der Waals surface area contributed by atoms with Crippen molar-refractivity contribution in [3.05, 3.63) is 29.3 Å². The Morgan fingerprint density at radius 2 is 2.04 bits per heavy atom. The van der Waals surface area contributed by atoms with E-state index < -0.39 is 0 Å². The van der Waals surface area contributed by atoms with Crippen LogP contribution in [0.25, 0.3) is 10.2 Å². The molecule has 2 heterocycles. The zero-order chi connectivity index (χ0) is 16.9. The average Bonchev–Trinajstić information content (AvgIpc) is 3.03. The molecule has 0 saturated carbocycles. The van der Waals surface area contributed by atoms with Crippen LogP contribution in [0.3, 0.4) is 0 Å². The number of para-hydroxylation sites is 1. The summed E-state index contributed by atoms with van der Waals surface area (Å²) in [6.07, 6.45) is 1.76. The van der Waals surface area contributed by atoms with E-state index in [0.717, 1.165) is 43.1 Å². The first-order valence-corrected chi connectivity index (χ1v) is 9.50. The molecule has 1 amide bonds. The van der Waals surface area contributed by atoms with Gasteiger partial charge >= 0.3 is 0 Å². The maximum Gasteiger partial charge on any atom is 0.223 e. The smallest absolute Gasteiger partial charge is 0.223 e. The Kier molecular flexibility index (Phi) is 5.81. The number of carbonyl (C=O) groups excluding carboxylic acids is 1. The second-order valence-electron chi connectivity index (χ2n) is 6.32. The van der Waals surface area contributed by atoms with Gasteiger partial charge in [-0.25, -0.2) is 4.98 Å². The molecule has 1 unspecified atom stereocenters. The molecule has 1 N–H and O–H groups in total. The van der Waals surface area contributed by atoms with E-state index in [9.17, 15) is 9.90 Å². The van der Waals surface area contributed by atoms with Gasteiger partial charge in [-0.2, -0.15) is 0 Å². The Bertz CT molecular complexity index is 647. The number of fused-ring (bicyclic) bond motifs is 1. The van der Waals surface area contributed by atoms with E-state index in [4.69, 9.17) is 0 Å². The topological polar surface area (TPSA) is 56.7 Å². The standard InChI is InChI=1S/C18H25N3O2S/c1-2-14(22)13-20-9-11-21(12-10-20)18(23)8-7-17-19-15-5-3-4-6-16(15)24-17/h3-6,14,22H,2,7-13H2,1H3. The van der Waals surface area contributed by atoms with Crippen molar-refractivity contribution in [2.75, 3.05) is 32.7 Å². The highest BCUT2D eigenvalue weighted by Gasteiger charge is 2.22. The second-order valence-corrected chi connectivity index (χ2v) is 7.43. The number of aliphatic hydroxyl groups excluding tert-OH is 1. The third kappa shape index (κ3) is 4.32. The van der Waals surface area contributed by atoms with Crippen LogP contribution in [0.15, 0.2) is 24.3 Å². The minimum Gasteiger partial charge on any atom is -0.392 e. The van der Waals surface area contributed by atoms with Crippen molar-refractivity contribution >= 4 is 27.5 Å². The number of aromatic nitrogens is 1. The van der Waals surface area contributed by atoms with Crippen molar-refractivity contribution in [1.82, 2.24) is 14.8 Å². The first-order chi connectivity index (χ1) is 11.7. The highest BCUT2D eigenvalue weighted by atomic mass is 32.1. The van der Waals surface area contributed by atoms with Crippen molar-refractivity contribution in [2.45, 2.75) is 32.3 Å². The van der Waals surface area contributed by atoms with Crippen molar-refractivity contribution in [1.29, 1.82) is 0 Å². The lowest BCUT2D eigenvalue weighted by Gasteiger charge is -2.35. The molecule has 6 heteroatoms. The van der Waals surface area contributed by atoms with Gasteiger partial charge in [0.15, 0.2) is 0 Å². The van der Waals surface area contributed by atoms with Gasteiger partial charge in [0.1, 0.15) is 0 Å². The number of rotatable bonds is 6. The van der Waals surface area contributed by atoms with Crippen LogP contribution in [-0.4, -0.2) is 64.6 Å². The molecule has 0 radical (unpaired) electrons. The Labute approximate surface area is 146 Å². The molecule has 2 aromatic rings. The quantitative estimate of drug-likeness (QED) is 0.870. The zero-order valence-electron chi connectivity index (χ0n) is 14.1. The van der Waals surface area contributed by atoms with E-state index in [1.807, 2.05) is 30.0 Å². The summed E-state index contributed by atoms with van der Waals surface area (Å²) in [5.74, 6) is 0.213. The van der Waals surface area contributed by atoms with Crippen molar-refractivity contribution in [2.24, 2.45) is 0 Å². The van der Waals surface area contributed by atoms with Crippen LogP contribution in [0.5, 0.6) is 0 Å². The van der Waals surface area contributed by atoms with Crippen molar-refractivity contribution in [3.8, 4) is 0 Å². The Morgan fingerprint density at radius 3 is 2.75 bits per heavy atom. The molecular formula is C18H25N3O2S. The third-order valence-electron chi connectivity index (χ3n) is 4.56. The van der Waals surface area contributed by atoms with Crippen LogP contribution < -0.4 is 0 Å². The summed E-state index contributed by atoms with van der Waals surface area (Å²) >= 11 is 1.68. The molecule has 1 fully saturated rings. The van der Waals surface area contributed by atoms with Gasteiger partial charge in [0, 0.05) is 45.6 Å². The van der Waals surface area contributed by atoms with E-state index in [1.165, 1.54) is 4.70 Å². The molecule has 1 atom stereocenters. The normalized spacial score (nSPS) is 17.3. The van der Waals surface area contributed by atoms with Crippen LogP contribution in [-0.2, 0) is 11.2 Å². The highest BCUT2D eigenvalue weighted by Crippen LogP contribution is 2.22. The van der Waals surface area contributed by atoms with E-state index in [1.54, 1.807) is 11.3 Å². The molecule has 0 aliphatic carbocycles. The van der Waals surface area contributed by atoms with E-state index >= 15 is 0 Å². The molecule has 1 aromatic carbocycles. The van der Waals surface area contributed by atoms with Gasteiger partial charge in [-0.05, 0) is 18.6 Å². The maximum absolute atomic E-state index is 12.4. The lowest BCUT2D eigenvalue weighted by atomic mass is 10.2. The monoisotopic (exact) mass is 347 g/mol. The number of piperazine rings is 1. The summed E-state index contributed by atoms with van der Waals surface area (Å²) in [6, 6.07) is 8.10. The van der Waals surface area contributed by atoms with Crippen molar-refractivity contribution < 1.29 is 9.90 Å². The van der Waals surface area contributed by atoms with Crippen LogP contribution in [0.1, 0.15) is 24.8 Å². The summed E-state index contributed by atoms with van der Waals surface area (Å²) < 4.78 is 1.18. The summed E-state index contributed by atoms with van der Waals surface area (Å²) in [5.41, 5.74) is 1.02. The summed E-state index contributed by atoms with van der Waals surface area (Å²) in [5, 5.41) is 10.8. The molecular weight excluding hydrogens is 322 g/mol. The number of benzene rings is 1. The molecule has 5 nitrogen and oxygen atoms in total. The number of nitrogens with zero attached hydrogens (tertiary/aromatic N) is 3. The molecule has 1 aliphatic heterocycles. The van der Waals surface area contributed by atoms with Gasteiger partial charge in [-0.3, -0.25) is 9.69 Å². The molecule has 0 spiro atoms. The molecule has 1 aliphatic rings. The van der Waals surface area contributed by atoms with Crippen LogP contribution in [0, 0.1) is 0 Å². The van der Waals surface area contributed by atoms with Gasteiger partial charge in [0.2, 0.25) is 5.91 Å². The number of hydrogen-bond donors (Lipinski definition) is 1. The van der Waals surface area contributed by atoms with E-state index in [2.05, 4.69) is 16.0 Å². The van der Waals surface area contributed by atoms with Gasteiger partial charge in [-0.15, -0.1) is 11.3 Å². The lowest BCUT2D eigenvalue weighted by molar-refractivity contribution is -0.133. The first-order valence-electron chi connectivity index (χ1n) is 8.68. The largest absolute Gasteiger partial charge is 0.392 e. The molecule has 0 bridgehead atoms. The van der Waals surface area contributed by atoms with E-state index in [-0.39, 0.29) is 12.0 Å². The fraction of sp³-hybridized carbons (Fsp3) is 0.556. The van der Waals surface area contributed by atoms with Gasteiger partial charge in [-0.1, -0.05) is 19.1 Å². The number of β-amino-alcohol motifs (C(OH)–C–C–N with tert-alkyl or cyclic N) is 1.